The van der Waals surface area contributed by atoms with Crippen LogP contribution in [-0.2, 0) is 12.8 Å². The Hall–Kier alpha value is -1.83. The van der Waals surface area contributed by atoms with E-state index in [4.69, 9.17) is 0 Å². The van der Waals surface area contributed by atoms with Crippen LogP contribution in [0.3, 0.4) is 0 Å². The Bertz CT molecular complexity index is 633. The van der Waals surface area contributed by atoms with E-state index in [0.717, 1.165) is 11.3 Å². The molecule has 0 saturated carbocycles. The largest absolute Gasteiger partial charge is 0.378 e. The molecule has 0 fully saturated rings. The first-order valence-electron chi connectivity index (χ1n) is 7.28. The SMILES string of the molecule is Cc1cc(F)ccc1NC(C)c1ccc2c(c1)CCC2. The number of hydrogen-bond acceptors (Lipinski definition) is 1. The van der Waals surface area contributed by atoms with Gasteiger partial charge in [0.15, 0.2) is 0 Å². The predicted molar refractivity (Wildman–Crippen MR) is 81.6 cm³/mol. The summed E-state index contributed by atoms with van der Waals surface area (Å²) in [4.78, 5) is 0. The van der Waals surface area contributed by atoms with Crippen molar-refractivity contribution in [1.82, 2.24) is 0 Å². The normalized spacial score (nSPS) is 14.9. The van der Waals surface area contributed by atoms with Crippen LogP contribution in [0, 0.1) is 12.7 Å². The highest BCUT2D eigenvalue weighted by atomic mass is 19.1. The molecule has 1 aliphatic carbocycles. The van der Waals surface area contributed by atoms with Crippen LogP contribution < -0.4 is 5.32 Å². The maximum atomic E-state index is 13.1. The molecular weight excluding hydrogens is 249 g/mol. The Morgan fingerprint density at radius 3 is 2.65 bits per heavy atom. The fourth-order valence-corrected chi connectivity index (χ4v) is 2.97. The zero-order valence-corrected chi connectivity index (χ0v) is 12.0. The number of fused-ring (bicyclic) bond motifs is 1. The van der Waals surface area contributed by atoms with Gasteiger partial charge in [-0.05, 0) is 73.6 Å². The average Bonchev–Trinajstić information content (AvgIpc) is 2.89. The van der Waals surface area contributed by atoms with Crippen LogP contribution in [0.2, 0.25) is 0 Å². The van der Waals surface area contributed by atoms with Gasteiger partial charge in [-0.15, -0.1) is 0 Å². The number of nitrogens with one attached hydrogen (secondary N) is 1. The van der Waals surface area contributed by atoms with E-state index in [0.29, 0.717) is 0 Å². The van der Waals surface area contributed by atoms with E-state index >= 15 is 0 Å². The zero-order valence-electron chi connectivity index (χ0n) is 12.0. The number of halogens is 1. The van der Waals surface area contributed by atoms with Crippen LogP contribution in [-0.4, -0.2) is 0 Å². The molecule has 0 radical (unpaired) electrons. The quantitative estimate of drug-likeness (QED) is 0.844. The van der Waals surface area contributed by atoms with Crippen molar-refractivity contribution in [2.75, 3.05) is 5.32 Å². The number of hydrogen-bond donors (Lipinski definition) is 1. The lowest BCUT2D eigenvalue weighted by Gasteiger charge is -2.18. The van der Waals surface area contributed by atoms with Crippen LogP contribution in [0.15, 0.2) is 36.4 Å². The maximum absolute atomic E-state index is 13.1. The Kier molecular flexibility index (Phi) is 3.47. The third kappa shape index (κ3) is 2.55. The molecule has 2 heteroatoms. The molecule has 20 heavy (non-hydrogen) atoms. The molecule has 0 aliphatic heterocycles. The van der Waals surface area contributed by atoms with Crippen LogP contribution in [0.25, 0.3) is 0 Å². The molecule has 0 bridgehead atoms. The molecule has 0 aromatic heterocycles. The minimum absolute atomic E-state index is 0.182. The van der Waals surface area contributed by atoms with Crippen molar-refractivity contribution >= 4 is 5.69 Å². The van der Waals surface area contributed by atoms with Gasteiger partial charge < -0.3 is 5.32 Å². The lowest BCUT2D eigenvalue weighted by molar-refractivity contribution is 0.626. The second-order valence-corrected chi connectivity index (χ2v) is 5.71. The predicted octanol–water partition coefficient (Wildman–Crippen LogP) is 4.80. The highest BCUT2D eigenvalue weighted by molar-refractivity contribution is 5.52. The first kappa shape index (κ1) is 13.2. The fourth-order valence-electron chi connectivity index (χ4n) is 2.97. The molecule has 104 valence electrons. The van der Waals surface area contributed by atoms with Crippen molar-refractivity contribution in [2.24, 2.45) is 0 Å². The summed E-state index contributed by atoms with van der Waals surface area (Å²) in [5.41, 5.74) is 6.23. The van der Waals surface area contributed by atoms with Gasteiger partial charge in [0.05, 0.1) is 0 Å². The van der Waals surface area contributed by atoms with E-state index in [2.05, 4.69) is 30.4 Å². The van der Waals surface area contributed by atoms with E-state index in [1.807, 2.05) is 13.0 Å². The number of anilines is 1. The molecule has 0 spiro atoms. The van der Waals surface area contributed by atoms with E-state index in [1.54, 1.807) is 6.07 Å². The van der Waals surface area contributed by atoms with Gasteiger partial charge in [0.1, 0.15) is 5.82 Å². The Morgan fingerprint density at radius 1 is 1.05 bits per heavy atom. The van der Waals surface area contributed by atoms with E-state index in [-0.39, 0.29) is 11.9 Å². The summed E-state index contributed by atoms with van der Waals surface area (Å²) < 4.78 is 13.1. The molecule has 2 aromatic rings. The lowest BCUT2D eigenvalue weighted by Crippen LogP contribution is -2.08. The van der Waals surface area contributed by atoms with Gasteiger partial charge in [0.2, 0.25) is 0 Å². The zero-order chi connectivity index (χ0) is 14.1. The van der Waals surface area contributed by atoms with Gasteiger partial charge in [-0.2, -0.15) is 0 Å². The molecule has 3 rings (SSSR count). The average molecular weight is 269 g/mol. The lowest BCUT2D eigenvalue weighted by atomic mass is 10.0. The van der Waals surface area contributed by atoms with Crippen molar-refractivity contribution in [3.63, 3.8) is 0 Å². The van der Waals surface area contributed by atoms with Crippen LogP contribution >= 0.6 is 0 Å². The van der Waals surface area contributed by atoms with E-state index in [1.165, 1.54) is 42.0 Å². The second kappa shape index (κ2) is 5.28. The number of rotatable bonds is 3. The fraction of sp³-hybridized carbons (Fsp3) is 0.333. The van der Waals surface area contributed by atoms with E-state index in [9.17, 15) is 4.39 Å². The summed E-state index contributed by atoms with van der Waals surface area (Å²) >= 11 is 0. The van der Waals surface area contributed by atoms with Crippen molar-refractivity contribution < 1.29 is 4.39 Å². The summed E-state index contributed by atoms with van der Waals surface area (Å²) in [6, 6.07) is 11.9. The van der Waals surface area contributed by atoms with Crippen molar-refractivity contribution in [2.45, 2.75) is 39.2 Å². The third-order valence-corrected chi connectivity index (χ3v) is 4.18. The molecule has 1 atom stereocenters. The van der Waals surface area contributed by atoms with Gasteiger partial charge in [0, 0.05) is 11.7 Å². The molecule has 2 aromatic carbocycles. The van der Waals surface area contributed by atoms with Gasteiger partial charge in [0.25, 0.3) is 0 Å². The van der Waals surface area contributed by atoms with Gasteiger partial charge in [-0.3, -0.25) is 0 Å². The summed E-state index contributed by atoms with van der Waals surface area (Å²) in [6.07, 6.45) is 3.69. The first-order chi connectivity index (χ1) is 9.63. The summed E-state index contributed by atoms with van der Waals surface area (Å²) in [5.74, 6) is -0.182. The third-order valence-electron chi connectivity index (χ3n) is 4.18. The standard InChI is InChI=1S/C18H20FN/c1-12-10-17(19)8-9-18(12)20-13(2)15-7-6-14-4-3-5-16(14)11-15/h6-11,13,20H,3-5H2,1-2H3. The highest BCUT2D eigenvalue weighted by Crippen LogP contribution is 2.28. The molecular formula is C18H20FN. The molecule has 1 aliphatic rings. The number of aryl methyl sites for hydroxylation is 3. The summed E-state index contributed by atoms with van der Waals surface area (Å²) in [6.45, 7) is 4.08. The topological polar surface area (TPSA) is 12.0 Å². The van der Waals surface area contributed by atoms with Crippen molar-refractivity contribution in [3.05, 3.63) is 64.5 Å². The summed E-state index contributed by atoms with van der Waals surface area (Å²) in [5, 5.41) is 3.48. The molecule has 0 amide bonds. The van der Waals surface area contributed by atoms with Crippen molar-refractivity contribution in [3.8, 4) is 0 Å². The van der Waals surface area contributed by atoms with Gasteiger partial charge >= 0.3 is 0 Å². The van der Waals surface area contributed by atoms with Crippen LogP contribution in [0.4, 0.5) is 10.1 Å². The highest BCUT2D eigenvalue weighted by Gasteiger charge is 2.14. The monoisotopic (exact) mass is 269 g/mol. The molecule has 0 saturated heterocycles. The Balaban J connectivity index is 1.80. The molecule has 0 heterocycles. The maximum Gasteiger partial charge on any atom is 0.123 e. The Labute approximate surface area is 119 Å². The molecule has 1 nitrogen and oxygen atoms in total. The summed E-state index contributed by atoms with van der Waals surface area (Å²) in [7, 11) is 0. The van der Waals surface area contributed by atoms with Crippen molar-refractivity contribution in [1.29, 1.82) is 0 Å². The molecule has 1 unspecified atom stereocenters. The smallest absolute Gasteiger partial charge is 0.123 e. The minimum Gasteiger partial charge on any atom is -0.378 e. The Morgan fingerprint density at radius 2 is 1.85 bits per heavy atom. The first-order valence-corrected chi connectivity index (χ1v) is 7.28. The van der Waals surface area contributed by atoms with Gasteiger partial charge in [-0.1, -0.05) is 18.2 Å². The number of benzene rings is 2. The van der Waals surface area contributed by atoms with Crippen LogP contribution in [0.1, 0.15) is 41.6 Å². The molecule has 1 N–H and O–H groups in total. The van der Waals surface area contributed by atoms with Gasteiger partial charge in [-0.25, -0.2) is 4.39 Å². The van der Waals surface area contributed by atoms with E-state index < -0.39 is 0 Å². The minimum atomic E-state index is -0.182. The van der Waals surface area contributed by atoms with Crippen LogP contribution in [0.5, 0.6) is 0 Å². The second-order valence-electron chi connectivity index (χ2n) is 5.71.